The van der Waals surface area contributed by atoms with Crippen LogP contribution in [0.2, 0.25) is 0 Å². The maximum absolute atomic E-state index is 12.5. The zero-order valence-electron chi connectivity index (χ0n) is 6.34. The van der Waals surface area contributed by atoms with E-state index in [2.05, 4.69) is 15.9 Å². The van der Waals surface area contributed by atoms with Crippen LogP contribution in [-0.4, -0.2) is 6.29 Å². The van der Waals surface area contributed by atoms with E-state index in [9.17, 15) is 9.18 Å². The van der Waals surface area contributed by atoms with Crippen LogP contribution in [0.15, 0.2) is 24.3 Å². The standard InChI is InChI=1S/C9H8BrFO/c10-9(5-6-12)7-1-3-8(11)4-2-7/h1-4,6,9H,5H2. The first-order valence-corrected chi connectivity index (χ1v) is 4.49. The van der Waals surface area contributed by atoms with Gasteiger partial charge in [0.15, 0.2) is 0 Å². The van der Waals surface area contributed by atoms with Gasteiger partial charge in [0, 0.05) is 11.2 Å². The summed E-state index contributed by atoms with van der Waals surface area (Å²) in [6.45, 7) is 0. The number of carbonyl (C=O) groups excluding carboxylic acids is 1. The third kappa shape index (κ3) is 2.41. The van der Waals surface area contributed by atoms with Gasteiger partial charge in [0.05, 0.1) is 0 Å². The number of halogens is 2. The molecule has 0 N–H and O–H groups in total. The predicted molar refractivity (Wildman–Crippen MR) is 48.7 cm³/mol. The lowest BCUT2D eigenvalue weighted by Crippen LogP contribution is -1.90. The van der Waals surface area contributed by atoms with Gasteiger partial charge in [-0.3, -0.25) is 0 Å². The molecule has 0 aliphatic rings. The maximum Gasteiger partial charge on any atom is 0.123 e. The van der Waals surface area contributed by atoms with E-state index in [0.29, 0.717) is 6.42 Å². The third-order valence-corrected chi connectivity index (χ3v) is 2.44. The van der Waals surface area contributed by atoms with Crippen LogP contribution in [-0.2, 0) is 4.79 Å². The SMILES string of the molecule is O=CCC(Br)c1ccc(F)cc1. The van der Waals surface area contributed by atoms with Crippen molar-refractivity contribution in [3.8, 4) is 0 Å². The van der Waals surface area contributed by atoms with Crippen LogP contribution in [0.3, 0.4) is 0 Å². The van der Waals surface area contributed by atoms with E-state index >= 15 is 0 Å². The highest BCUT2D eigenvalue weighted by atomic mass is 79.9. The molecular weight excluding hydrogens is 223 g/mol. The van der Waals surface area contributed by atoms with Gasteiger partial charge >= 0.3 is 0 Å². The molecule has 0 bridgehead atoms. The number of benzene rings is 1. The van der Waals surface area contributed by atoms with Crippen molar-refractivity contribution in [2.24, 2.45) is 0 Å². The molecule has 0 fully saturated rings. The Bertz CT molecular complexity index is 258. The molecule has 1 rings (SSSR count). The summed E-state index contributed by atoms with van der Waals surface area (Å²) >= 11 is 3.32. The Balaban J connectivity index is 2.74. The second kappa shape index (κ2) is 4.36. The average molecular weight is 231 g/mol. The van der Waals surface area contributed by atoms with Crippen molar-refractivity contribution >= 4 is 22.2 Å². The highest BCUT2D eigenvalue weighted by Gasteiger charge is 2.05. The van der Waals surface area contributed by atoms with Crippen molar-refractivity contribution in [3.05, 3.63) is 35.6 Å². The topological polar surface area (TPSA) is 17.1 Å². The summed E-state index contributed by atoms with van der Waals surface area (Å²) in [5.41, 5.74) is 0.920. The van der Waals surface area contributed by atoms with E-state index in [1.807, 2.05) is 0 Å². The molecule has 1 aromatic rings. The molecule has 0 spiro atoms. The lowest BCUT2D eigenvalue weighted by molar-refractivity contribution is -0.107. The van der Waals surface area contributed by atoms with Gasteiger partial charge in [0.2, 0.25) is 0 Å². The summed E-state index contributed by atoms with van der Waals surface area (Å²) in [6, 6.07) is 6.10. The molecule has 0 aliphatic heterocycles. The highest BCUT2D eigenvalue weighted by Crippen LogP contribution is 2.24. The summed E-state index contributed by atoms with van der Waals surface area (Å²) in [7, 11) is 0. The number of alkyl halides is 1. The molecule has 1 nitrogen and oxygen atoms in total. The Morgan fingerprint density at radius 2 is 2.00 bits per heavy atom. The predicted octanol–water partition coefficient (Wildman–Crippen LogP) is 2.85. The van der Waals surface area contributed by atoms with Gasteiger partial charge in [-0.1, -0.05) is 28.1 Å². The molecule has 0 aliphatic carbocycles. The summed E-state index contributed by atoms with van der Waals surface area (Å²) in [4.78, 5) is 10.1. The van der Waals surface area contributed by atoms with Crippen LogP contribution >= 0.6 is 15.9 Å². The second-order valence-corrected chi connectivity index (χ2v) is 3.53. The molecule has 0 aromatic heterocycles. The van der Waals surface area contributed by atoms with E-state index in [1.54, 1.807) is 12.1 Å². The molecule has 0 amide bonds. The fraction of sp³-hybridized carbons (Fsp3) is 0.222. The van der Waals surface area contributed by atoms with Gasteiger partial charge in [0.1, 0.15) is 12.1 Å². The van der Waals surface area contributed by atoms with Gasteiger partial charge in [-0.2, -0.15) is 0 Å². The molecule has 64 valence electrons. The molecule has 0 heterocycles. The Hall–Kier alpha value is -0.700. The second-order valence-electron chi connectivity index (χ2n) is 2.42. The summed E-state index contributed by atoms with van der Waals surface area (Å²) in [5, 5.41) is 0. The van der Waals surface area contributed by atoms with Gasteiger partial charge in [-0.15, -0.1) is 0 Å². The summed E-state index contributed by atoms with van der Waals surface area (Å²) < 4.78 is 12.5. The Kier molecular flexibility index (Phi) is 3.41. The molecular formula is C9H8BrFO. The zero-order valence-corrected chi connectivity index (χ0v) is 7.92. The van der Waals surface area contributed by atoms with E-state index in [-0.39, 0.29) is 10.6 Å². The Labute approximate surface area is 78.7 Å². The monoisotopic (exact) mass is 230 g/mol. The Morgan fingerprint density at radius 3 is 2.50 bits per heavy atom. The molecule has 1 aromatic carbocycles. The van der Waals surface area contributed by atoms with Gasteiger partial charge in [-0.05, 0) is 17.7 Å². The van der Waals surface area contributed by atoms with Gasteiger partial charge in [-0.25, -0.2) is 4.39 Å². The van der Waals surface area contributed by atoms with E-state index in [4.69, 9.17) is 0 Å². The fourth-order valence-electron chi connectivity index (χ4n) is 0.892. The average Bonchev–Trinajstić information content (AvgIpc) is 2.06. The van der Waals surface area contributed by atoms with Crippen molar-refractivity contribution in [1.82, 2.24) is 0 Å². The number of aldehydes is 1. The quantitative estimate of drug-likeness (QED) is 0.577. The largest absolute Gasteiger partial charge is 0.303 e. The van der Waals surface area contributed by atoms with Crippen LogP contribution in [0.25, 0.3) is 0 Å². The lowest BCUT2D eigenvalue weighted by Gasteiger charge is -2.04. The van der Waals surface area contributed by atoms with Crippen molar-refractivity contribution < 1.29 is 9.18 Å². The minimum atomic E-state index is -0.260. The summed E-state index contributed by atoms with van der Waals surface area (Å²) in [6.07, 6.45) is 1.24. The molecule has 0 saturated carbocycles. The highest BCUT2D eigenvalue weighted by molar-refractivity contribution is 9.09. The number of hydrogen-bond acceptors (Lipinski definition) is 1. The first kappa shape index (κ1) is 9.39. The van der Waals surface area contributed by atoms with Gasteiger partial charge in [0.25, 0.3) is 0 Å². The third-order valence-electron chi connectivity index (χ3n) is 1.53. The minimum Gasteiger partial charge on any atom is -0.303 e. The van der Waals surface area contributed by atoms with E-state index in [1.165, 1.54) is 12.1 Å². The minimum absolute atomic E-state index is 0.00407. The van der Waals surface area contributed by atoms with Crippen LogP contribution in [0, 0.1) is 5.82 Å². The molecule has 1 atom stereocenters. The number of carbonyl (C=O) groups is 1. The fourth-order valence-corrected chi connectivity index (χ4v) is 1.35. The molecule has 0 saturated heterocycles. The van der Waals surface area contributed by atoms with E-state index in [0.717, 1.165) is 11.8 Å². The maximum atomic E-state index is 12.5. The summed E-state index contributed by atoms with van der Waals surface area (Å²) in [5.74, 6) is -0.260. The van der Waals surface area contributed by atoms with Crippen LogP contribution < -0.4 is 0 Å². The van der Waals surface area contributed by atoms with Crippen molar-refractivity contribution in [2.75, 3.05) is 0 Å². The lowest BCUT2D eigenvalue weighted by atomic mass is 10.1. The number of hydrogen-bond donors (Lipinski definition) is 0. The molecule has 12 heavy (non-hydrogen) atoms. The molecule has 0 radical (unpaired) electrons. The first-order chi connectivity index (χ1) is 5.74. The molecule has 3 heteroatoms. The van der Waals surface area contributed by atoms with Crippen LogP contribution in [0.5, 0.6) is 0 Å². The molecule has 1 unspecified atom stereocenters. The Morgan fingerprint density at radius 1 is 1.42 bits per heavy atom. The zero-order chi connectivity index (χ0) is 8.97. The van der Waals surface area contributed by atoms with Crippen LogP contribution in [0.1, 0.15) is 16.8 Å². The van der Waals surface area contributed by atoms with Crippen molar-refractivity contribution in [1.29, 1.82) is 0 Å². The van der Waals surface area contributed by atoms with Crippen LogP contribution in [0.4, 0.5) is 4.39 Å². The normalized spacial score (nSPS) is 12.5. The van der Waals surface area contributed by atoms with E-state index < -0.39 is 0 Å². The number of rotatable bonds is 3. The smallest absolute Gasteiger partial charge is 0.123 e. The first-order valence-electron chi connectivity index (χ1n) is 3.57. The van der Waals surface area contributed by atoms with Crippen molar-refractivity contribution in [2.45, 2.75) is 11.2 Å². The van der Waals surface area contributed by atoms with Gasteiger partial charge < -0.3 is 4.79 Å². The van der Waals surface area contributed by atoms with Crippen molar-refractivity contribution in [3.63, 3.8) is 0 Å².